The Balaban J connectivity index is 2.46. The number of carbonyl (C=O) groups is 2. The van der Waals surface area contributed by atoms with Gasteiger partial charge >= 0.3 is 12.1 Å². The summed E-state index contributed by atoms with van der Waals surface area (Å²) in [6, 6.07) is 8.79. The summed E-state index contributed by atoms with van der Waals surface area (Å²) in [5.41, 5.74) is 0.992. The van der Waals surface area contributed by atoms with E-state index in [0.29, 0.717) is 11.2 Å². The van der Waals surface area contributed by atoms with Crippen LogP contribution in [0.5, 0.6) is 0 Å². The van der Waals surface area contributed by atoms with Gasteiger partial charge in [-0.25, -0.2) is 9.36 Å². The lowest BCUT2D eigenvalue weighted by molar-refractivity contribution is -0.142. The average Bonchev–Trinajstić information content (AvgIpc) is 2.66. The van der Waals surface area contributed by atoms with Crippen molar-refractivity contribution in [3.63, 3.8) is 0 Å². The highest BCUT2D eigenvalue weighted by Crippen LogP contribution is 2.20. The summed E-state index contributed by atoms with van der Waals surface area (Å²) in [5.74, 6) is -0.428. The molecule has 0 atom stereocenters. The number of rotatable bonds is 3. The highest BCUT2D eigenvalue weighted by molar-refractivity contribution is 5.91. The van der Waals surface area contributed by atoms with Crippen LogP contribution in [0.25, 0.3) is 10.9 Å². The molecule has 18 heavy (non-hydrogen) atoms. The quantitative estimate of drug-likeness (QED) is 0.845. The van der Waals surface area contributed by atoms with Gasteiger partial charge in [-0.2, -0.15) is 0 Å². The maximum absolute atomic E-state index is 11.4. The topological polar surface area (TPSA) is 68.5 Å². The van der Waals surface area contributed by atoms with E-state index >= 15 is 0 Å². The van der Waals surface area contributed by atoms with E-state index in [2.05, 4.69) is 0 Å². The molecule has 2 aromatic rings. The van der Waals surface area contributed by atoms with Crippen molar-refractivity contribution in [2.45, 2.75) is 13.3 Å². The van der Waals surface area contributed by atoms with Gasteiger partial charge in [0.15, 0.2) is 0 Å². The minimum absolute atomic E-state index is 0.0468. The Kier molecular flexibility index (Phi) is 3.32. The third-order valence-corrected chi connectivity index (χ3v) is 2.61. The Labute approximate surface area is 104 Å². The number of benzene rings is 1. The first kappa shape index (κ1) is 12.2. The molecule has 0 amide bonds. The maximum Gasteiger partial charge on any atom is 0.416 e. The first-order chi connectivity index (χ1) is 8.63. The molecule has 0 aliphatic carbocycles. The van der Waals surface area contributed by atoms with Crippen molar-refractivity contribution < 1.29 is 19.4 Å². The van der Waals surface area contributed by atoms with Crippen LogP contribution in [-0.2, 0) is 16.0 Å². The summed E-state index contributed by atoms with van der Waals surface area (Å²) in [4.78, 5) is 22.7. The number of nitrogens with zero attached hydrogens (tertiary/aromatic N) is 1. The first-order valence-corrected chi connectivity index (χ1v) is 5.61. The van der Waals surface area contributed by atoms with Gasteiger partial charge in [0.1, 0.15) is 0 Å². The molecule has 0 fully saturated rings. The van der Waals surface area contributed by atoms with Crippen LogP contribution in [-0.4, -0.2) is 28.3 Å². The Bertz CT molecular complexity index is 600. The first-order valence-electron chi connectivity index (χ1n) is 5.61. The molecule has 2 rings (SSSR count). The molecule has 5 nitrogen and oxygen atoms in total. The molecule has 94 valence electrons. The summed E-state index contributed by atoms with van der Waals surface area (Å²) in [6.07, 6.45) is -1.15. The lowest BCUT2D eigenvalue weighted by Gasteiger charge is -2.04. The fourth-order valence-corrected chi connectivity index (χ4v) is 1.93. The number of para-hydroxylation sites is 1. The number of aromatic nitrogens is 1. The second-order valence-electron chi connectivity index (χ2n) is 3.79. The normalized spacial score (nSPS) is 10.5. The predicted octanol–water partition coefficient (Wildman–Crippen LogP) is 2.27. The molecule has 5 heteroatoms. The molecular weight excluding hydrogens is 234 g/mol. The van der Waals surface area contributed by atoms with E-state index in [-0.39, 0.29) is 13.0 Å². The third-order valence-electron chi connectivity index (χ3n) is 2.61. The van der Waals surface area contributed by atoms with Crippen molar-refractivity contribution in [1.29, 1.82) is 0 Å². The number of hydrogen-bond donors (Lipinski definition) is 1. The second kappa shape index (κ2) is 4.91. The Morgan fingerprint density at radius 2 is 2.06 bits per heavy atom. The van der Waals surface area contributed by atoms with Crippen LogP contribution in [0, 0.1) is 0 Å². The van der Waals surface area contributed by atoms with E-state index in [0.717, 1.165) is 9.95 Å². The van der Waals surface area contributed by atoms with Gasteiger partial charge in [-0.1, -0.05) is 18.2 Å². The zero-order valence-corrected chi connectivity index (χ0v) is 9.92. The number of fused-ring (bicyclic) bond motifs is 1. The van der Waals surface area contributed by atoms with Crippen LogP contribution in [0.3, 0.4) is 0 Å². The monoisotopic (exact) mass is 247 g/mol. The molecule has 0 bridgehead atoms. The average molecular weight is 247 g/mol. The van der Waals surface area contributed by atoms with Crippen LogP contribution in [0.1, 0.15) is 12.6 Å². The largest absolute Gasteiger partial charge is 0.466 e. The van der Waals surface area contributed by atoms with Gasteiger partial charge in [0, 0.05) is 11.1 Å². The van der Waals surface area contributed by atoms with Crippen LogP contribution >= 0.6 is 0 Å². The second-order valence-corrected chi connectivity index (χ2v) is 3.79. The molecule has 0 aliphatic heterocycles. The molecule has 1 aromatic carbocycles. The molecule has 0 saturated heterocycles. The van der Waals surface area contributed by atoms with Gasteiger partial charge in [0.05, 0.1) is 18.5 Å². The standard InChI is InChI=1S/C13H13NO4/c1-2-18-12(15)8-10-7-9-5-3-4-6-11(9)14(10)13(16)17/h3-7H,2,8H2,1H3,(H,16,17). The Morgan fingerprint density at radius 3 is 2.72 bits per heavy atom. The summed E-state index contributed by atoms with van der Waals surface area (Å²) in [6.45, 7) is 2.00. The fourth-order valence-electron chi connectivity index (χ4n) is 1.93. The molecule has 1 aromatic heterocycles. The van der Waals surface area contributed by atoms with E-state index < -0.39 is 12.1 Å². The van der Waals surface area contributed by atoms with Crippen molar-refractivity contribution in [3.05, 3.63) is 36.0 Å². The molecule has 0 unspecified atom stereocenters. The Morgan fingerprint density at radius 1 is 1.33 bits per heavy atom. The van der Waals surface area contributed by atoms with E-state index in [1.807, 2.05) is 12.1 Å². The summed E-state index contributed by atoms with van der Waals surface area (Å²) in [5, 5.41) is 10.00. The molecule has 0 saturated carbocycles. The van der Waals surface area contributed by atoms with Crippen molar-refractivity contribution in [3.8, 4) is 0 Å². The van der Waals surface area contributed by atoms with E-state index in [4.69, 9.17) is 4.74 Å². The Hall–Kier alpha value is -2.30. The van der Waals surface area contributed by atoms with Crippen LogP contribution in [0.4, 0.5) is 4.79 Å². The highest BCUT2D eigenvalue weighted by atomic mass is 16.5. The zero-order chi connectivity index (χ0) is 13.1. The van der Waals surface area contributed by atoms with Gasteiger partial charge < -0.3 is 9.84 Å². The highest BCUT2D eigenvalue weighted by Gasteiger charge is 2.16. The smallest absolute Gasteiger partial charge is 0.416 e. The SMILES string of the molecule is CCOC(=O)Cc1cc2ccccc2n1C(=O)O. The lowest BCUT2D eigenvalue weighted by atomic mass is 10.2. The number of ether oxygens (including phenoxy) is 1. The maximum atomic E-state index is 11.4. The lowest BCUT2D eigenvalue weighted by Crippen LogP contribution is -2.16. The van der Waals surface area contributed by atoms with E-state index in [1.54, 1.807) is 25.1 Å². The molecule has 0 spiro atoms. The van der Waals surface area contributed by atoms with E-state index in [1.165, 1.54) is 0 Å². The van der Waals surface area contributed by atoms with Crippen molar-refractivity contribution in [1.82, 2.24) is 4.57 Å². The summed E-state index contributed by atoms with van der Waals surface area (Å²) < 4.78 is 5.95. The van der Waals surface area contributed by atoms with E-state index in [9.17, 15) is 14.7 Å². The number of hydrogen-bond acceptors (Lipinski definition) is 3. The predicted molar refractivity (Wildman–Crippen MR) is 65.7 cm³/mol. The van der Waals surface area contributed by atoms with Crippen molar-refractivity contribution in [2.24, 2.45) is 0 Å². The molecular formula is C13H13NO4. The zero-order valence-electron chi connectivity index (χ0n) is 9.92. The fraction of sp³-hybridized carbons (Fsp3) is 0.231. The molecule has 1 N–H and O–H groups in total. The van der Waals surface area contributed by atoms with Gasteiger partial charge in [-0.05, 0) is 19.1 Å². The summed E-state index contributed by atoms with van der Waals surface area (Å²) >= 11 is 0. The van der Waals surface area contributed by atoms with Crippen molar-refractivity contribution >= 4 is 23.0 Å². The molecule has 1 heterocycles. The van der Waals surface area contributed by atoms with Gasteiger partial charge in [0.25, 0.3) is 0 Å². The van der Waals surface area contributed by atoms with Crippen LogP contribution in [0.2, 0.25) is 0 Å². The van der Waals surface area contributed by atoms with Gasteiger partial charge in [0.2, 0.25) is 0 Å². The number of carbonyl (C=O) groups excluding carboxylic acids is 1. The third kappa shape index (κ3) is 2.20. The van der Waals surface area contributed by atoms with Gasteiger partial charge in [-0.3, -0.25) is 4.79 Å². The van der Waals surface area contributed by atoms with Crippen molar-refractivity contribution in [2.75, 3.05) is 6.61 Å². The van der Waals surface area contributed by atoms with Crippen LogP contribution in [0.15, 0.2) is 30.3 Å². The van der Waals surface area contributed by atoms with Crippen LogP contribution < -0.4 is 0 Å². The molecule has 0 radical (unpaired) electrons. The van der Waals surface area contributed by atoms with Gasteiger partial charge in [-0.15, -0.1) is 0 Å². The number of carboxylic acid groups (broad SMARTS) is 1. The molecule has 0 aliphatic rings. The number of esters is 1. The minimum Gasteiger partial charge on any atom is -0.466 e. The minimum atomic E-state index is -1.10. The summed E-state index contributed by atoms with van der Waals surface area (Å²) in [7, 11) is 0.